The van der Waals surface area contributed by atoms with E-state index < -0.39 is 0 Å². The Morgan fingerprint density at radius 2 is 2.28 bits per heavy atom. The summed E-state index contributed by atoms with van der Waals surface area (Å²) in [6.45, 7) is 5.12. The van der Waals surface area contributed by atoms with Crippen LogP contribution in [0.15, 0.2) is 6.07 Å². The number of nitrogens with one attached hydrogen (secondary N) is 1. The number of aryl methyl sites for hydroxylation is 1. The van der Waals surface area contributed by atoms with Gasteiger partial charge in [0.1, 0.15) is 11.8 Å². The van der Waals surface area contributed by atoms with Crippen molar-refractivity contribution in [2.75, 3.05) is 11.9 Å². The zero-order valence-corrected chi connectivity index (χ0v) is 11.1. The molecule has 1 heterocycles. The molecule has 0 aromatic carbocycles. The van der Waals surface area contributed by atoms with Crippen LogP contribution in [-0.2, 0) is 0 Å². The number of nitriles is 1. The highest BCUT2D eigenvalue weighted by Crippen LogP contribution is 2.28. The highest BCUT2D eigenvalue weighted by Gasteiger charge is 2.18. The van der Waals surface area contributed by atoms with Crippen LogP contribution in [0.2, 0.25) is 0 Å². The molecular formula is C14H20N4. The SMILES string of the molecule is Cc1cc(C#N)nc(NCC2CCCC(C)C2)n1. The Morgan fingerprint density at radius 3 is 3.00 bits per heavy atom. The molecule has 1 aliphatic rings. The molecule has 4 heteroatoms. The molecule has 1 fully saturated rings. The molecule has 18 heavy (non-hydrogen) atoms. The van der Waals surface area contributed by atoms with Crippen molar-refractivity contribution in [1.29, 1.82) is 5.26 Å². The third kappa shape index (κ3) is 3.43. The molecule has 1 aromatic rings. The lowest BCUT2D eigenvalue weighted by molar-refractivity contribution is 0.293. The van der Waals surface area contributed by atoms with Gasteiger partial charge >= 0.3 is 0 Å². The maximum atomic E-state index is 8.87. The molecule has 1 aliphatic carbocycles. The van der Waals surface area contributed by atoms with E-state index in [1.54, 1.807) is 6.07 Å². The minimum Gasteiger partial charge on any atom is -0.354 e. The molecule has 2 unspecified atom stereocenters. The topological polar surface area (TPSA) is 61.6 Å². The van der Waals surface area contributed by atoms with Crippen LogP contribution >= 0.6 is 0 Å². The van der Waals surface area contributed by atoms with Crippen LogP contribution in [0, 0.1) is 30.1 Å². The number of hydrogen-bond donors (Lipinski definition) is 1. The van der Waals surface area contributed by atoms with Gasteiger partial charge < -0.3 is 5.32 Å². The molecule has 2 rings (SSSR count). The van der Waals surface area contributed by atoms with E-state index in [1.165, 1.54) is 25.7 Å². The summed E-state index contributed by atoms with van der Waals surface area (Å²) in [5.74, 6) is 2.13. The summed E-state index contributed by atoms with van der Waals surface area (Å²) in [4.78, 5) is 8.48. The first-order valence-electron chi connectivity index (χ1n) is 6.67. The Balaban J connectivity index is 1.93. The first-order valence-corrected chi connectivity index (χ1v) is 6.67. The number of aromatic nitrogens is 2. The van der Waals surface area contributed by atoms with Gasteiger partial charge in [0.15, 0.2) is 0 Å². The van der Waals surface area contributed by atoms with Crippen molar-refractivity contribution < 1.29 is 0 Å². The quantitative estimate of drug-likeness (QED) is 0.888. The van der Waals surface area contributed by atoms with E-state index >= 15 is 0 Å². The van der Waals surface area contributed by atoms with E-state index in [4.69, 9.17) is 5.26 Å². The zero-order chi connectivity index (χ0) is 13.0. The fourth-order valence-corrected chi connectivity index (χ4v) is 2.69. The number of rotatable bonds is 3. The minimum atomic E-state index is 0.432. The van der Waals surface area contributed by atoms with Gasteiger partial charge in [0.05, 0.1) is 0 Å². The van der Waals surface area contributed by atoms with Gasteiger partial charge in [-0.2, -0.15) is 5.26 Å². The fourth-order valence-electron chi connectivity index (χ4n) is 2.69. The average Bonchev–Trinajstić information content (AvgIpc) is 2.36. The molecule has 4 nitrogen and oxygen atoms in total. The Morgan fingerprint density at radius 1 is 1.44 bits per heavy atom. The Bertz CT molecular complexity index is 450. The summed E-state index contributed by atoms with van der Waals surface area (Å²) in [7, 11) is 0. The Hall–Kier alpha value is -1.63. The molecule has 0 saturated heterocycles. The van der Waals surface area contributed by atoms with Crippen LogP contribution in [-0.4, -0.2) is 16.5 Å². The van der Waals surface area contributed by atoms with E-state index in [0.29, 0.717) is 17.6 Å². The monoisotopic (exact) mass is 244 g/mol. The number of anilines is 1. The molecule has 0 bridgehead atoms. The lowest BCUT2D eigenvalue weighted by Crippen LogP contribution is -2.22. The summed E-state index contributed by atoms with van der Waals surface area (Å²) in [5.41, 5.74) is 1.27. The van der Waals surface area contributed by atoms with Crippen LogP contribution in [0.25, 0.3) is 0 Å². The Kier molecular flexibility index (Phi) is 4.14. The first kappa shape index (κ1) is 12.8. The number of hydrogen-bond acceptors (Lipinski definition) is 4. The smallest absolute Gasteiger partial charge is 0.224 e. The summed E-state index contributed by atoms with van der Waals surface area (Å²) in [5, 5.41) is 12.1. The van der Waals surface area contributed by atoms with E-state index in [1.807, 2.05) is 6.92 Å². The van der Waals surface area contributed by atoms with Gasteiger partial charge in [-0.05, 0) is 37.7 Å². The lowest BCUT2D eigenvalue weighted by Gasteiger charge is -2.26. The van der Waals surface area contributed by atoms with Crippen molar-refractivity contribution in [2.24, 2.45) is 11.8 Å². The summed E-state index contributed by atoms with van der Waals surface area (Å²) in [6.07, 6.45) is 5.25. The lowest BCUT2D eigenvalue weighted by atomic mass is 9.82. The van der Waals surface area contributed by atoms with Gasteiger partial charge in [-0.1, -0.05) is 19.8 Å². The van der Waals surface area contributed by atoms with E-state index in [-0.39, 0.29) is 0 Å². The van der Waals surface area contributed by atoms with Gasteiger partial charge in [0, 0.05) is 12.2 Å². The van der Waals surface area contributed by atoms with Crippen molar-refractivity contribution in [2.45, 2.75) is 39.5 Å². The van der Waals surface area contributed by atoms with E-state index in [0.717, 1.165) is 18.2 Å². The third-order valence-electron chi connectivity index (χ3n) is 3.56. The minimum absolute atomic E-state index is 0.432. The van der Waals surface area contributed by atoms with E-state index in [9.17, 15) is 0 Å². The van der Waals surface area contributed by atoms with Crippen molar-refractivity contribution in [3.63, 3.8) is 0 Å². The van der Waals surface area contributed by atoms with Crippen LogP contribution in [0.4, 0.5) is 5.95 Å². The second kappa shape index (κ2) is 5.81. The van der Waals surface area contributed by atoms with Gasteiger partial charge in [-0.3, -0.25) is 0 Å². The van der Waals surface area contributed by atoms with Gasteiger partial charge in [-0.25, -0.2) is 9.97 Å². The van der Waals surface area contributed by atoms with Crippen LogP contribution in [0.3, 0.4) is 0 Å². The summed E-state index contributed by atoms with van der Waals surface area (Å²) >= 11 is 0. The standard InChI is InChI=1S/C14H20N4/c1-10-4-3-5-12(6-10)9-16-14-17-11(2)7-13(8-15)18-14/h7,10,12H,3-6,9H2,1-2H3,(H,16,17,18). The predicted octanol–water partition coefficient (Wildman–Crippen LogP) is 2.89. The predicted molar refractivity (Wildman–Crippen MR) is 71.1 cm³/mol. The molecule has 0 aliphatic heterocycles. The van der Waals surface area contributed by atoms with Crippen molar-refractivity contribution in [1.82, 2.24) is 9.97 Å². The molecule has 0 amide bonds. The van der Waals surface area contributed by atoms with Crippen LogP contribution in [0.5, 0.6) is 0 Å². The highest BCUT2D eigenvalue weighted by molar-refractivity contribution is 5.32. The second-order valence-electron chi connectivity index (χ2n) is 5.35. The van der Waals surface area contributed by atoms with Gasteiger partial charge in [0.2, 0.25) is 5.95 Å². The normalized spacial score (nSPS) is 23.4. The maximum absolute atomic E-state index is 8.87. The highest BCUT2D eigenvalue weighted by atomic mass is 15.1. The third-order valence-corrected chi connectivity index (χ3v) is 3.56. The second-order valence-corrected chi connectivity index (χ2v) is 5.35. The van der Waals surface area contributed by atoms with Crippen molar-refractivity contribution in [3.05, 3.63) is 17.5 Å². The number of nitrogens with zero attached hydrogens (tertiary/aromatic N) is 3. The Labute approximate surface area is 108 Å². The molecule has 1 saturated carbocycles. The molecule has 1 N–H and O–H groups in total. The van der Waals surface area contributed by atoms with E-state index in [2.05, 4.69) is 28.3 Å². The van der Waals surface area contributed by atoms with Gasteiger partial charge in [-0.15, -0.1) is 0 Å². The molecule has 0 spiro atoms. The molecule has 0 radical (unpaired) electrons. The largest absolute Gasteiger partial charge is 0.354 e. The molecule has 1 aromatic heterocycles. The zero-order valence-electron chi connectivity index (χ0n) is 11.1. The average molecular weight is 244 g/mol. The van der Waals surface area contributed by atoms with Gasteiger partial charge in [0.25, 0.3) is 0 Å². The fraction of sp³-hybridized carbons (Fsp3) is 0.643. The first-order chi connectivity index (χ1) is 8.67. The molecule has 2 atom stereocenters. The van der Waals surface area contributed by atoms with Crippen LogP contribution < -0.4 is 5.32 Å². The van der Waals surface area contributed by atoms with Crippen molar-refractivity contribution >= 4 is 5.95 Å². The summed E-state index contributed by atoms with van der Waals surface area (Å²) < 4.78 is 0. The van der Waals surface area contributed by atoms with Crippen LogP contribution in [0.1, 0.15) is 44.0 Å². The molecular weight excluding hydrogens is 224 g/mol. The van der Waals surface area contributed by atoms with Crippen molar-refractivity contribution in [3.8, 4) is 6.07 Å². The maximum Gasteiger partial charge on any atom is 0.224 e. The summed E-state index contributed by atoms with van der Waals surface area (Å²) in [6, 6.07) is 3.76. The molecule has 96 valence electrons.